The van der Waals surface area contributed by atoms with Gasteiger partial charge >= 0.3 is 5.97 Å². The van der Waals surface area contributed by atoms with E-state index in [0.29, 0.717) is 6.54 Å². The lowest BCUT2D eigenvalue weighted by atomic mass is 10.2. The van der Waals surface area contributed by atoms with Crippen LogP contribution in [0.15, 0.2) is 0 Å². The van der Waals surface area contributed by atoms with Crippen LogP contribution in [0.4, 0.5) is 0 Å². The average molecular weight is 231 g/mol. The second-order valence-corrected chi connectivity index (χ2v) is 5.20. The molecule has 0 radical (unpaired) electrons. The zero-order valence-electron chi connectivity index (χ0n) is 11.0. The van der Waals surface area contributed by atoms with Crippen LogP contribution in [0.2, 0.25) is 0 Å². The van der Waals surface area contributed by atoms with E-state index in [4.69, 9.17) is 9.84 Å². The van der Waals surface area contributed by atoms with Crippen LogP contribution in [-0.4, -0.2) is 35.4 Å². The number of esters is 1. The van der Waals surface area contributed by atoms with E-state index in [9.17, 15) is 4.79 Å². The molecule has 2 unspecified atom stereocenters. The fourth-order valence-electron chi connectivity index (χ4n) is 1.19. The lowest BCUT2D eigenvalue weighted by Crippen LogP contribution is -2.39. The van der Waals surface area contributed by atoms with Crippen molar-refractivity contribution in [3.05, 3.63) is 0 Å². The molecule has 16 heavy (non-hydrogen) atoms. The van der Waals surface area contributed by atoms with Crippen LogP contribution < -0.4 is 5.32 Å². The van der Waals surface area contributed by atoms with Crippen molar-refractivity contribution in [2.75, 3.05) is 6.54 Å². The Morgan fingerprint density at radius 3 is 2.38 bits per heavy atom. The number of carbonyl (C=O) groups is 1. The summed E-state index contributed by atoms with van der Waals surface area (Å²) >= 11 is 0. The number of aliphatic hydroxyl groups excluding tert-OH is 1. The van der Waals surface area contributed by atoms with Crippen molar-refractivity contribution in [3.63, 3.8) is 0 Å². The number of carbonyl (C=O) groups excluding carboxylic acids is 1. The van der Waals surface area contributed by atoms with Crippen molar-refractivity contribution in [1.82, 2.24) is 5.32 Å². The molecule has 0 amide bonds. The van der Waals surface area contributed by atoms with Gasteiger partial charge in [-0.25, -0.2) is 0 Å². The number of aliphatic hydroxyl groups is 1. The van der Waals surface area contributed by atoms with Crippen LogP contribution in [-0.2, 0) is 9.53 Å². The van der Waals surface area contributed by atoms with Gasteiger partial charge in [-0.1, -0.05) is 0 Å². The van der Waals surface area contributed by atoms with Gasteiger partial charge in [0.15, 0.2) is 0 Å². The zero-order valence-corrected chi connectivity index (χ0v) is 11.0. The summed E-state index contributed by atoms with van der Waals surface area (Å²) in [4.78, 5) is 11.6. The quantitative estimate of drug-likeness (QED) is 0.537. The van der Waals surface area contributed by atoms with E-state index in [-0.39, 0.29) is 18.1 Å². The van der Waals surface area contributed by atoms with E-state index in [0.717, 1.165) is 12.8 Å². The van der Waals surface area contributed by atoms with Crippen molar-refractivity contribution in [3.8, 4) is 0 Å². The highest BCUT2D eigenvalue weighted by atomic mass is 16.6. The first kappa shape index (κ1) is 15.4. The Morgan fingerprint density at radius 2 is 1.94 bits per heavy atom. The highest BCUT2D eigenvalue weighted by molar-refractivity contribution is 5.75. The van der Waals surface area contributed by atoms with Crippen LogP contribution in [0.3, 0.4) is 0 Å². The zero-order chi connectivity index (χ0) is 12.8. The molecule has 0 saturated carbocycles. The van der Waals surface area contributed by atoms with Crippen molar-refractivity contribution >= 4 is 5.97 Å². The van der Waals surface area contributed by atoms with Crippen LogP contribution in [0, 0.1) is 0 Å². The maximum absolute atomic E-state index is 11.6. The molecule has 0 aromatic heterocycles. The summed E-state index contributed by atoms with van der Waals surface area (Å²) < 4.78 is 5.23. The molecule has 0 heterocycles. The van der Waals surface area contributed by atoms with Gasteiger partial charge in [-0.2, -0.15) is 0 Å². The molecule has 0 aromatic carbocycles. The minimum Gasteiger partial charge on any atom is -0.459 e. The number of nitrogens with one attached hydrogen (secondary N) is 1. The fraction of sp³-hybridized carbons (Fsp3) is 0.917. The van der Waals surface area contributed by atoms with Crippen molar-refractivity contribution in [2.45, 2.75) is 65.2 Å². The number of hydrogen-bond acceptors (Lipinski definition) is 4. The first-order chi connectivity index (χ1) is 7.22. The third-order valence-electron chi connectivity index (χ3n) is 2.01. The lowest BCUT2D eigenvalue weighted by Gasteiger charge is -2.22. The Balaban J connectivity index is 3.72. The summed E-state index contributed by atoms with van der Waals surface area (Å²) in [6.07, 6.45) is 1.32. The number of rotatable bonds is 6. The predicted octanol–water partition coefficient (Wildman–Crippen LogP) is 1.47. The van der Waals surface area contributed by atoms with Gasteiger partial charge in [0.2, 0.25) is 0 Å². The third kappa shape index (κ3) is 8.68. The van der Waals surface area contributed by atoms with E-state index in [1.807, 2.05) is 20.8 Å². The van der Waals surface area contributed by atoms with Gasteiger partial charge in [0.25, 0.3) is 0 Å². The normalized spacial score (nSPS) is 15.6. The molecule has 0 aliphatic heterocycles. The maximum atomic E-state index is 11.6. The highest BCUT2D eigenvalue weighted by Crippen LogP contribution is 2.08. The van der Waals surface area contributed by atoms with Crippen LogP contribution in [0.25, 0.3) is 0 Å². The molecule has 0 saturated heterocycles. The molecule has 0 aromatic rings. The topological polar surface area (TPSA) is 58.6 Å². The minimum atomic E-state index is -0.438. The second kappa shape index (κ2) is 6.86. The minimum absolute atomic E-state index is 0.232. The highest BCUT2D eigenvalue weighted by Gasteiger charge is 2.20. The first-order valence-corrected chi connectivity index (χ1v) is 5.86. The number of ether oxygens (including phenoxy) is 1. The lowest BCUT2D eigenvalue weighted by molar-refractivity contribution is -0.156. The molecule has 96 valence electrons. The van der Waals surface area contributed by atoms with Gasteiger partial charge in [-0.05, 0) is 54.0 Å². The monoisotopic (exact) mass is 231 g/mol. The largest absolute Gasteiger partial charge is 0.459 e. The molecule has 4 heteroatoms. The molecule has 0 aliphatic carbocycles. The van der Waals surface area contributed by atoms with Gasteiger partial charge in [-0.3, -0.25) is 4.79 Å². The van der Waals surface area contributed by atoms with Gasteiger partial charge in [0.05, 0.1) is 6.10 Å². The third-order valence-corrected chi connectivity index (χ3v) is 2.01. The standard InChI is InChI=1S/C12H25NO3/c1-9(14)7-6-8-13-10(2)11(15)16-12(3,4)5/h9-10,13-14H,6-8H2,1-5H3. The molecular weight excluding hydrogens is 206 g/mol. The van der Waals surface area contributed by atoms with E-state index < -0.39 is 5.60 Å². The van der Waals surface area contributed by atoms with Crippen LogP contribution >= 0.6 is 0 Å². The van der Waals surface area contributed by atoms with Crippen LogP contribution in [0.1, 0.15) is 47.5 Å². The van der Waals surface area contributed by atoms with Crippen LogP contribution in [0.5, 0.6) is 0 Å². The Bertz CT molecular complexity index is 209. The second-order valence-electron chi connectivity index (χ2n) is 5.20. The Hall–Kier alpha value is -0.610. The summed E-state index contributed by atoms with van der Waals surface area (Å²) in [6, 6.07) is -0.298. The molecule has 0 fully saturated rings. The van der Waals surface area contributed by atoms with Crippen molar-refractivity contribution in [1.29, 1.82) is 0 Å². The maximum Gasteiger partial charge on any atom is 0.323 e. The summed E-state index contributed by atoms with van der Waals surface area (Å²) in [5.74, 6) is -0.232. The van der Waals surface area contributed by atoms with Crippen molar-refractivity contribution in [2.24, 2.45) is 0 Å². The Morgan fingerprint density at radius 1 is 1.38 bits per heavy atom. The summed E-state index contributed by atoms with van der Waals surface area (Å²) in [7, 11) is 0. The fourth-order valence-corrected chi connectivity index (χ4v) is 1.19. The summed E-state index contributed by atoms with van der Waals surface area (Å²) in [5, 5.41) is 12.1. The number of hydrogen-bond donors (Lipinski definition) is 2. The first-order valence-electron chi connectivity index (χ1n) is 5.86. The van der Waals surface area contributed by atoms with E-state index >= 15 is 0 Å². The summed E-state index contributed by atoms with van der Waals surface area (Å²) in [6.45, 7) is 9.82. The average Bonchev–Trinajstić information content (AvgIpc) is 2.08. The molecule has 4 nitrogen and oxygen atoms in total. The van der Waals surface area contributed by atoms with Gasteiger partial charge < -0.3 is 15.2 Å². The Labute approximate surface area is 98.4 Å². The van der Waals surface area contributed by atoms with E-state index in [1.54, 1.807) is 13.8 Å². The van der Waals surface area contributed by atoms with E-state index in [2.05, 4.69) is 5.32 Å². The molecule has 0 aliphatic rings. The SMILES string of the molecule is CC(O)CCCNC(C)C(=O)OC(C)(C)C. The molecular formula is C12H25NO3. The van der Waals surface area contributed by atoms with Crippen molar-refractivity contribution < 1.29 is 14.6 Å². The Kier molecular flexibility index (Phi) is 6.60. The molecule has 2 N–H and O–H groups in total. The molecule has 2 atom stereocenters. The summed E-state index contributed by atoms with van der Waals surface area (Å²) in [5.41, 5.74) is -0.438. The van der Waals surface area contributed by atoms with E-state index in [1.165, 1.54) is 0 Å². The molecule has 0 rings (SSSR count). The van der Waals surface area contributed by atoms with Gasteiger partial charge in [0, 0.05) is 0 Å². The molecule has 0 bridgehead atoms. The predicted molar refractivity (Wildman–Crippen MR) is 64.2 cm³/mol. The smallest absolute Gasteiger partial charge is 0.323 e. The van der Waals surface area contributed by atoms with Gasteiger partial charge in [-0.15, -0.1) is 0 Å². The van der Waals surface area contributed by atoms with Gasteiger partial charge in [0.1, 0.15) is 11.6 Å². The molecule has 0 spiro atoms.